The number of pyridine rings is 2. The van der Waals surface area contributed by atoms with E-state index in [1.165, 1.54) is 0 Å². The lowest BCUT2D eigenvalue weighted by molar-refractivity contribution is 0.0964. The number of nitrogens with zero attached hydrogens (tertiary/aromatic N) is 5. The van der Waals surface area contributed by atoms with E-state index in [0.717, 1.165) is 52.3 Å². The summed E-state index contributed by atoms with van der Waals surface area (Å²) in [5, 5.41) is 13.0. The summed E-state index contributed by atoms with van der Waals surface area (Å²) in [6.45, 7) is 5.56. The quantitative estimate of drug-likeness (QED) is 0.227. The lowest BCUT2D eigenvalue weighted by Crippen LogP contribution is -2.32. The van der Waals surface area contributed by atoms with Gasteiger partial charge in [0, 0.05) is 69.2 Å². The van der Waals surface area contributed by atoms with Gasteiger partial charge in [-0.1, -0.05) is 25.1 Å². The van der Waals surface area contributed by atoms with E-state index in [0.29, 0.717) is 31.7 Å². The normalized spacial score (nSPS) is 13.7. The first-order chi connectivity index (χ1) is 19.5. The SMILES string of the molecule is CNC(=O)c1ccnc2c(C(C)CCNc3cc(-c4ccc(NCCN5CCNC5=O)nc4)ncn3)cccc12. The van der Waals surface area contributed by atoms with Crippen LogP contribution in [0.2, 0.25) is 0 Å². The standard InChI is InChI=1S/C29H33N9O2/c1-19(21-4-3-5-22-23(28(39)30-2)9-11-33-27(21)22)8-10-31-26-16-24(36-18-37-26)20-6-7-25(35-17-20)32-12-14-38-15-13-34-29(38)40/h3-7,9,11,16-19H,8,10,12-15H2,1-2H3,(H,30,39)(H,32,35)(H,34,40)(H,31,36,37). The van der Waals surface area contributed by atoms with Crippen LogP contribution in [0.1, 0.15) is 35.2 Å². The second-order valence-electron chi connectivity index (χ2n) is 9.66. The average Bonchev–Trinajstić information content (AvgIpc) is 3.40. The molecule has 0 bridgehead atoms. The van der Waals surface area contributed by atoms with Crippen molar-refractivity contribution < 1.29 is 9.59 Å². The molecule has 3 aromatic heterocycles. The molecule has 5 rings (SSSR count). The molecule has 1 atom stereocenters. The number of aromatic nitrogens is 4. The molecule has 3 amide bonds. The van der Waals surface area contributed by atoms with Crippen molar-refractivity contribution in [3.8, 4) is 11.3 Å². The minimum Gasteiger partial charge on any atom is -0.370 e. The van der Waals surface area contributed by atoms with Crippen LogP contribution in [0.3, 0.4) is 0 Å². The van der Waals surface area contributed by atoms with Gasteiger partial charge in [-0.2, -0.15) is 0 Å². The number of para-hydroxylation sites is 1. The van der Waals surface area contributed by atoms with E-state index in [1.54, 1.807) is 36.7 Å². The smallest absolute Gasteiger partial charge is 0.317 e. The number of carbonyl (C=O) groups excluding carboxylic acids is 2. The summed E-state index contributed by atoms with van der Waals surface area (Å²) in [7, 11) is 1.63. The molecule has 0 aliphatic carbocycles. The van der Waals surface area contributed by atoms with Gasteiger partial charge in [-0.05, 0) is 36.1 Å². The van der Waals surface area contributed by atoms with Crippen molar-refractivity contribution in [3.63, 3.8) is 0 Å². The third kappa shape index (κ3) is 6.09. The lowest BCUT2D eigenvalue weighted by Gasteiger charge is -2.16. The summed E-state index contributed by atoms with van der Waals surface area (Å²) >= 11 is 0. The zero-order valence-corrected chi connectivity index (χ0v) is 22.6. The van der Waals surface area contributed by atoms with Crippen LogP contribution in [0, 0.1) is 0 Å². The van der Waals surface area contributed by atoms with Crippen molar-refractivity contribution in [2.24, 2.45) is 0 Å². The molecule has 11 heteroatoms. The maximum absolute atomic E-state index is 12.3. The van der Waals surface area contributed by atoms with Gasteiger partial charge in [-0.25, -0.2) is 19.7 Å². The van der Waals surface area contributed by atoms with Crippen LogP contribution in [-0.4, -0.2) is 76.5 Å². The number of carbonyl (C=O) groups is 2. The minimum atomic E-state index is -0.118. The van der Waals surface area contributed by atoms with Crippen LogP contribution < -0.4 is 21.3 Å². The molecule has 11 nitrogen and oxygen atoms in total. The molecular weight excluding hydrogens is 506 g/mol. The summed E-state index contributed by atoms with van der Waals surface area (Å²) in [4.78, 5) is 43.6. The summed E-state index contributed by atoms with van der Waals surface area (Å²) < 4.78 is 0. The molecule has 1 saturated heterocycles. The van der Waals surface area contributed by atoms with Crippen molar-refractivity contribution in [1.82, 2.24) is 35.5 Å². The second-order valence-corrected chi connectivity index (χ2v) is 9.66. The van der Waals surface area contributed by atoms with Crippen molar-refractivity contribution in [3.05, 3.63) is 72.3 Å². The Morgan fingerprint density at radius 3 is 2.70 bits per heavy atom. The largest absolute Gasteiger partial charge is 0.370 e. The maximum atomic E-state index is 12.3. The molecule has 1 aliphatic rings. The highest BCUT2D eigenvalue weighted by molar-refractivity contribution is 6.06. The van der Waals surface area contributed by atoms with Crippen LogP contribution in [0.4, 0.5) is 16.4 Å². The van der Waals surface area contributed by atoms with Gasteiger partial charge in [-0.3, -0.25) is 9.78 Å². The van der Waals surface area contributed by atoms with Crippen molar-refractivity contribution >= 4 is 34.5 Å². The summed E-state index contributed by atoms with van der Waals surface area (Å²) in [5.74, 6) is 1.58. The Kier molecular flexibility index (Phi) is 8.29. The average molecular weight is 540 g/mol. The number of nitrogens with one attached hydrogen (secondary N) is 4. The van der Waals surface area contributed by atoms with Crippen molar-refractivity contribution in [2.75, 3.05) is 50.4 Å². The fourth-order valence-electron chi connectivity index (χ4n) is 4.81. The first-order valence-electron chi connectivity index (χ1n) is 13.4. The van der Waals surface area contributed by atoms with E-state index in [1.807, 2.05) is 30.3 Å². The van der Waals surface area contributed by atoms with E-state index in [4.69, 9.17) is 0 Å². The highest BCUT2D eigenvalue weighted by atomic mass is 16.2. The Balaban J connectivity index is 1.17. The third-order valence-corrected chi connectivity index (χ3v) is 7.05. The zero-order chi connectivity index (χ0) is 27.9. The first kappa shape index (κ1) is 26.8. The van der Waals surface area contributed by atoms with Gasteiger partial charge >= 0.3 is 6.03 Å². The Morgan fingerprint density at radius 1 is 1.05 bits per heavy atom. The molecule has 0 saturated carbocycles. The number of urea groups is 1. The first-order valence-corrected chi connectivity index (χ1v) is 13.4. The van der Waals surface area contributed by atoms with Gasteiger partial charge in [0.05, 0.1) is 16.8 Å². The molecular formula is C29H33N9O2. The molecule has 4 aromatic rings. The number of hydrogen-bond donors (Lipinski definition) is 4. The molecule has 1 aromatic carbocycles. The molecule has 206 valence electrons. The maximum Gasteiger partial charge on any atom is 0.317 e. The highest BCUT2D eigenvalue weighted by Crippen LogP contribution is 2.28. The van der Waals surface area contributed by atoms with Crippen LogP contribution in [-0.2, 0) is 0 Å². The molecule has 0 spiro atoms. The van der Waals surface area contributed by atoms with Gasteiger partial charge in [0.15, 0.2) is 0 Å². The Labute approximate surface area is 232 Å². The van der Waals surface area contributed by atoms with E-state index in [9.17, 15) is 9.59 Å². The van der Waals surface area contributed by atoms with Crippen molar-refractivity contribution in [2.45, 2.75) is 19.3 Å². The molecule has 1 unspecified atom stereocenters. The number of rotatable bonds is 11. The second kappa shape index (κ2) is 12.4. The Morgan fingerprint density at radius 2 is 1.93 bits per heavy atom. The fraction of sp³-hybridized carbons (Fsp3) is 0.310. The zero-order valence-electron chi connectivity index (χ0n) is 22.6. The Bertz CT molecular complexity index is 1490. The Hall–Kier alpha value is -4.80. The number of amides is 3. The molecule has 4 N–H and O–H groups in total. The minimum absolute atomic E-state index is 0.0187. The monoisotopic (exact) mass is 539 g/mol. The third-order valence-electron chi connectivity index (χ3n) is 7.05. The number of fused-ring (bicyclic) bond motifs is 1. The van der Waals surface area contributed by atoms with E-state index in [2.05, 4.69) is 54.2 Å². The number of benzene rings is 1. The summed E-state index contributed by atoms with van der Waals surface area (Å²) in [6, 6.07) is 13.5. The molecule has 1 aliphatic heterocycles. The van der Waals surface area contributed by atoms with Gasteiger partial charge < -0.3 is 26.2 Å². The topological polar surface area (TPSA) is 137 Å². The molecule has 0 radical (unpaired) electrons. The van der Waals surface area contributed by atoms with E-state index < -0.39 is 0 Å². The molecule has 40 heavy (non-hydrogen) atoms. The summed E-state index contributed by atoms with van der Waals surface area (Å²) in [5.41, 5.74) is 4.25. The van der Waals surface area contributed by atoms with Crippen molar-refractivity contribution in [1.29, 1.82) is 0 Å². The van der Waals surface area contributed by atoms with Crippen LogP contribution in [0.15, 0.2) is 61.2 Å². The van der Waals surface area contributed by atoms with Crippen LogP contribution >= 0.6 is 0 Å². The van der Waals surface area contributed by atoms with Gasteiger partial charge in [0.2, 0.25) is 0 Å². The van der Waals surface area contributed by atoms with Gasteiger partial charge in [-0.15, -0.1) is 0 Å². The van der Waals surface area contributed by atoms with Gasteiger partial charge in [0.25, 0.3) is 5.91 Å². The fourth-order valence-corrected chi connectivity index (χ4v) is 4.81. The molecule has 1 fully saturated rings. The number of anilines is 2. The van der Waals surface area contributed by atoms with Crippen LogP contribution in [0.25, 0.3) is 22.2 Å². The molecule has 4 heterocycles. The van der Waals surface area contributed by atoms with Gasteiger partial charge in [0.1, 0.15) is 18.0 Å². The van der Waals surface area contributed by atoms with Crippen LogP contribution in [0.5, 0.6) is 0 Å². The lowest BCUT2D eigenvalue weighted by atomic mass is 9.94. The predicted octanol–water partition coefficient (Wildman–Crippen LogP) is 3.49. The van der Waals surface area contributed by atoms with E-state index in [-0.39, 0.29) is 17.9 Å². The highest BCUT2D eigenvalue weighted by Gasteiger charge is 2.18. The van der Waals surface area contributed by atoms with E-state index >= 15 is 0 Å². The predicted molar refractivity (Wildman–Crippen MR) is 155 cm³/mol. The summed E-state index contributed by atoms with van der Waals surface area (Å²) in [6.07, 6.45) is 5.87. The number of hydrogen-bond acceptors (Lipinski definition) is 8.